The summed E-state index contributed by atoms with van der Waals surface area (Å²) in [6.45, 7) is 2.76. The largest absolute Gasteiger partial charge is 0.491 e. The van der Waals surface area contributed by atoms with Gasteiger partial charge < -0.3 is 14.6 Å². The molecule has 134 valence electrons. The fraction of sp³-hybridized carbons (Fsp3) is 0.368. The lowest BCUT2D eigenvalue weighted by molar-refractivity contribution is -0.0459. The summed E-state index contributed by atoms with van der Waals surface area (Å²) in [5.41, 5.74) is 0.951. The third-order valence-corrected chi connectivity index (χ3v) is 4.65. The van der Waals surface area contributed by atoms with E-state index in [1.165, 1.54) is 12.1 Å². The first-order valence-corrected chi connectivity index (χ1v) is 9.05. The minimum Gasteiger partial charge on any atom is -0.491 e. The molecular weight excluding hydrogens is 389 g/mol. The van der Waals surface area contributed by atoms with Gasteiger partial charge in [-0.25, -0.2) is 4.39 Å². The van der Waals surface area contributed by atoms with E-state index < -0.39 is 6.10 Å². The van der Waals surface area contributed by atoms with E-state index in [4.69, 9.17) is 9.47 Å². The molecule has 2 unspecified atom stereocenters. The number of ether oxygens (including phenoxy) is 2. The van der Waals surface area contributed by atoms with Crippen molar-refractivity contribution in [3.05, 3.63) is 64.4 Å². The molecule has 0 bridgehead atoms. The van der Waals surface area contributed by atoms with Gasteiger partial charge in [-0.1, -0.05) is 28.1 Å². The summed E-state index contributed by atoms with van der Waals surface area (Å²) in [6, 6.07) is 13.9. The molecule has 0 saturated carbocycles. The molecule has 1 N–H and O–H groups in total. The Hall–Kier alpha value is -1.47. The van der Waals surface area contributed by atoms with Crippen LogP contribution in [0.5, 0.6) is 5.75 Å². The summed E-state index contributed by atoms with van der Waals surface area (Å²) in [7, 11) is 0. The number of β-amino-alcohol motifs (C(OH)–C–C–N with tert-alkyl or cyclic N) is 1. The van der Waals surface area contributed by atoms with E-state index in [1.54, 1.807) is 12.1 Å². The summed E-state index contributed by atoms with van der Waals surface area (Å²) in [6.07, 6.45) is -0.690. The van der Waals surface area contributed by atoms with Crippen LogP contribution in [0.15, 0.2) is 53.0 Å². The average molecular weight is 410 g/mol. The van der Waals surface area contributed by atoms with Crippen LogP contribution in [0.1, 0.15) is 11.7 Å². The molecule has 0 aromatic heterocycles. The minimum absolute atomic E-state index is 0.103. The van der Waals surface area contributed by atoms with E-state index in [0.717, 1.165) is 22.3 Å². The molecule has 2 aromatic rings. The Kier molecular flexibility index (Phi) is 6.42. The van der Waals surface area contributed by atoms with Crippen molar-refractivity contribution in [2.75, 3.05) is 32.8 Å². The van der Waals surface area contributed by atoms with E-state index in [2.05, 4.69) is 20.8 Å². The van der Waals surface area contributed by atoms with Gasteiger partial charge in [-0.05, 0) is 42.0 Å². The maximum atomic E-state index is 13.0. The van der Waals surface area contributed by atoms with Gasteiger partial charge >= 0.3 is 0 Å². The lowest BCUT2D eigenvalue weighted by Gasteiger charge is -2.34. The summed E-state index contributed by atoms with van der Waals surface area (Å²) in [5, 5.41) is 10.2. The number of nitrogens with zero attached hydrogens (tertiary/aromatic N) is 1. The van der Waals surface area contributed by atoms with Crippen LogP contribution in [-0.2, 0) is 4.74 Å². The Morgan fingerprint density at radius 2 is 1.92 bits per heavy atom. The zero-order valence-corrected chi connectivity index (χ0v) is 15.4. The maximum absolute atomic E-state index is 13.0. The zero-order valence-electron chi connectivity index (χ0n) is 13.8. The molecule has 0 radical (unpaired) electrons. The predicted octanol–water partition coefficient (Wildman–Crippen LogP) is 3.40. The Morgan fingerprint density at radius 1 is 1.20 bits per heavy atom. The van der Waals surface area contributed by atoms with Gasteiger partial charge in [-0.2, -0.15) is 0 Å². The summed E-state index contributed by atoms with van der Waals surface area (Å²) in [4.78, 5) is 2.15. The van der Waals surface area contributed by atoms with E-state index >= 15 is 0 Å². The molecule has 25 heavy (non-hydrogen) atoms. The second-order valence-corrected chi connectivity index (χ2v) is 7.00. The molecule has 0 spiro atoms. The van der Waals surface area contributed by atoms with Crippen LogP contribution in [0.25, 0.3) is 0 Å². The van der Waals surface area contributed by atoms with Crippen molar-refractivity contribution in [3.8, 4) is 5.75 Å². The lowest BCUT2D eigenvalue weighted by Crippen LogP contribution is -2.43. The monoisotopic (exact) mass is 409 g/mol. The highest BCUT2D eigenvalue weighted by Crippen LogP contribution is 2.22. The highest BCUT2D eigenvalue weighted by molar-refractivity contribution is 9.10. The van der Waals surface area contributed by atoms with E-state index in [0.29, 0.717) is 19.7 Å². The van der Waals surface area contributed by atoms with Crippen LogP contribution in [0.4, 0.5) is 4.39 Å². The van der Waals surface area contributed by atoms with Crippen molar-refractivity contribution < 1.29 is 19.0 Å². The normalized spacial score (nSPS) is 19.6. The van der Waals surface area contributed by atoms with Gasteiger partial charge in [0.25, 0.3) is 0 Å². The van der Waals surface area contributed by atoms with Crippen molar-refractivity contribution in [2.45, 2.75) is 12.2 Å². The molecule has 1 aliphatic heterocycles. The number of aliphatic hydroxyl groups is 1. The maximum Gasteiger partial charge on any atom is 0.123 e. The fourth-order valence-electron chi connectivity index (χ4n) is 2.82. The van der Waals surface area contributed by atoms with Gasteiger partial charge in [0.15, 0.2) is 0 Å². The quantitative estimate of drug-likeness (QED) is 0.793. The van der Waals surface area contributed by atoms with Crippen molar-refractivity contribution >= 4 is 15.9 Å². The number of rotatable bonds is 6. The minimum atomic E-state index is -0.587. The molecule has 2 aromatic carbocycles. The fourth-order valence-corrected chi connectivity index (χ4v) is 3.09. The molecule has 6 heteroatoms. The zero-order chi connectivity index (χ0) is 17.6. The van der Waals surface area contributed by atoms with Gasteiger partial charge in [-0.15, -0.1) is 0 Å². The molecule has 1 heterocycles. The first kappa shape index (κ1) is 18.3. The van der Waals surface area contributed by atoms with Crippen molar-refractivity contribution in [1.29, 1.82) is 0 Å². The third kappa shape index (κ3) is 5.51. The van der Waals surface area contributed by atoms with Crippen LogP contribution in [-0.4, -0.2) is 49.0 Å². The average Bonchev–Trinajstić information content (AvgIpc) is 2.62. The van der Waals surface area contributed by atoms with Crippen LogP contribution < -0.4 is 4.74 Å². The van der Waals surface area contributed by atoms with Gasteiger partial charge in [0.1, 0.15) is 24.3 Å². The number of halogens is 2. The van der Waals surface area contributed by atoms with E-state index in [9.17, 15) is 9.50 Å². The number of benzene rings is 2. The topological polar surface area (TPSA) is 41.9 Å². The van der Waals surface area contributed by atoms with Crippen LogP contribution in [0.2, 0.25) is 0 Å². The first-order chi connectivity index (χ1) is 12.1. The molecule has 3 rings (SSSR count). The third-order valence-electron chi connectivity index (χ3n) is 4.12. The van der Waals surface area contributed by atoms with Crippen LogP contribution in [0, 0.1) is 5.82 Å². The van der Waals surface area contributed by atoms with Crippen LogP contribution in [0.3, 0.4) is 0 Å². The molecule has 0 aliphatic carbocycles. The molecule has 4 nitrogen and oxygen atoms in total. The number of hydrogen-bond donors (Lipinski definition) is 1. The SMILES string of the molecule is OC(COc1ccc(Br)cc1)CN1CCOC(c2ccc(F)cc2)C1. The van der Waals surface area contributed by atoms with E-state index in [1.807, 2.05) is 24.3 Å². The molecular formula is C19H21BrFNO3. The summed E-state index contributed by atoms with van der Waals surface area (Å²) >= 11 is 3.38. The summed E-state index contributed by atoms with van der Waals surface area (Å²) < 4.78 is 25.4. The number of morpholine rings is 1. The Morgan fingerprint density at radius 3 is 2.64 bits per heavy atom. The van der Waals surface area contributed by atoms with Gasteiger partial charge in [0.05, 0.1) is 12.7 Å². The van der Waals surface area contributed by atoms with E-state index in [-0.39, 0.29) is 18.5 Å². The van der Waals surface area contributed by atoms with Crippen molar-refractivity contribution in [3.63, 3.8) is 0 Å². The van der Waals surface area contributed by atoms with Gasteiger partial charge in [0.2, 0.25) is 0 Å². The molecule has 2 atom stereocenters. The number of aliphatic hydroxyl groups excluding tert-OH is 1. The molecule has 1 fully saturated rings. The second kappa shape index (κ2) is 8.76. The van der Waals surface area contributed by atoms with Crippen LogP contribution >= 0.6 is 15.9 Å². The Bertz CT molecular complexity index is 665. The van der Waals surface area contributed by atoms with Crippen molar-refractivity contribution in [1.82, 2.24) is 4.90 Å². The van der Waals surface area contributed by atoms with Crippen molar-refractivity contribution in [2.24, 2.45) is 0 Å². The first-order valence-electron chi connectivity index (χ1n) is 8.26. The second-order valence-electron chi connectivity index (χ2n) is 6.09. The standard InChI is InChI=1S/C19H21BrFNO3/c20-15-3-7-18(8-4-15)25-13-17(23)11-22-9-10-24-19(12-22)14-1-5-16(21)6-2-14/h1-8,17,19,23H,9-13H2. The van der Waals surface area contributed by atoms with Gasteiger partial charge in [0, 0.05) is 24.1 Å². The highest BCUT2D eigenvalue weighted by atomic mass is 79.9. The van der Waals surface area contributed by atoms with Gasteiger partial charge in [-0.3, -0.25) is 4.90 Å². The Labute approximate surface area is 155 Å². The number of hydrogen-bond acceptors (Lipinski definition) is 4. The molecule has 1 aliphatic rings. The Balaban J connectivity index is 1.48. The smallest absolute Gasteiger partial charge is 0.123 e. The molecule has 0 amide bonds. The highest BCUT2D eigenvalue weighted by Gasteiger charge is 2.23. The molecule has 1 saturated heterocycles. The lowest BCUT2D eigenvalue weighted by atomic mass is 10.1. The predicted molar refractivity (Wildman–Crippen MR) is 97.2 cm³/mol. The summed E-state index contributed by atoms with van der Waals surface area (Å²) in [5.74, 6) is 0.477.